The third-order valence-electron chi connectivity index (χ3n) is 2.75. The Morgan fingerprint density at radius 1 is 1.41 bits per heavy atom. The highest BCUT2D eigenvalue weighted by Gasteiger charge is 2.30. The summed E-state index contributed by atoms with van der Waals surface area (Å²) in [6, 6.07) is 5.91. The van der Waals surface area contributed by atoms with Crippen molar-refractivity contribution in [3.05, 3.63) is 35.6 Å². The minimum absolute atomic E-state index is 0.00464. The molecule has 0 bridgehead atoms. The average Bonchev–Trinajstić information content (AvgIpc) is 2.80. The van der Waals surface area contributed by atoms with Gasteiger partial charge in [0.05, 0.1) is 6.61 Å². The van der Waals surface area contributed by atoms with Crippen molar-refractivity contribution < 1.29 is 13.9 Å². The van der Waals surface area contributed by atoms with Crippen molar-refractivity contribution in [3.8, 4) is 0 Å². The molecule has 1 aliphatic rings. The Kier molecular flexibility index (Phi) is 3.71. The van der Waals surface area contributed by atoms with Gasteiger partial charge in [-0.2, -0.15) is 0 Å². The number of hydrazine groups is 1. The fourth-order valence-corrected chi connectivity index (χ4v) is 1.87. The molecule has 2 unspecified atom stereocenters. The van der Waals surface area contributed by atoms with E-state index in [-0.39, 0.29) is 23.9 Å². The van der Waals surface area contributed by atoms with Gasteiger partial charge in [-0.1, -0.05) is 12.1 Å². The van der Waals surface area contributed by atoms with Gasteiger partial charge in [-0.05, 0) is 31.0 Å². The Morgan fingerprint density at radius 3 is 2.76 bits per heavy atom. The van der Waals surface area contributed by atoms with Crippen molar-refractivity contribution >= 4 is 5.97 Å². The molecular weight excluding hydrogens is 223 g/mol. The molecule has 5 heteroatoms. The molecule has 4 nitrogen and oxygen atoms in total. The van der Waals surface area contributed by atoms with Crippen LogP contribution in [0.25, 0.3) is 0 Å². The van der Waals surface area contributed by atoms with E-state index in [0.717, 1.165) is 5.56 Å². The maximum absolute atomic E-state index is 12.8. The summed E-state index contributed by atoms with van der Waals surface area (Å²) in [5, 5.41) is 0. The van der Waals surface area contributed by atoms with Crippen LogP contribution in [0, 0.1) is 5.82 Å². The van der Waals surface area contributed by atoms with Crippen LogP contribution in [0.1, 0.15) is 24.9 Å². The van der Waals surface area contributed by atoms with Gasteiger partial charge in [0, 0.05) is 6.04 Å². The Bertz CT molecular complexity index is 394. The van der Waals surface area contributed by atoms with Gasteiger partial charge in [0.15, 0.2) is 0 Å². The van der Waals surface area contributed by atoms with Gasteiger partial charge in [0.2, 0.25) is 0 Å². The van der Waals surface area contributed by atoms with E-state index in [1.165, 1.54) is 12.1 Å². The molecule has 0 amide bonds. The number of carbonyl (C=O) groups excluding carboxylic acids is 1. The number of esters is 1. The van der Waals surface area contributed by atoms with Crippen molar-refractivity contribution in [2.45, 2.75) is 25.4 Å². The molecule has 2 atom stereocenters. The van der Waals surface area contributed by atoms with E-state index in [4.69, 9.17) is 4.74 Å². The van der Waals surface area contributed by atoms with Crippen LogP contribution in [-0.4, -0.2) is 18.6 Å². The molecular formula is C12H15FN2O2. The number of hydrogen-bond donors (Lipinski definition) is 2. The quantitative estimate of drug-likeness (QED) is 0.779. The Hall–Kier alpha value is -1.46. The number of hydrogen-bond acceptors (Lipinski definition) is 4. The van der Waals surface area contributed by atoms with Crippen LogP contribution >= 0.6 is 0 Å². The first-order valence-electron chi connectivity index (χ1n) is 5.64. The molecule has 0 aliphatic carbocycles. The molecule has 0 saturated carbocycles. The SMILES string of the molecule is CCOC(=O)C1CC(c2ccc(F)cc2)NN1. The van der Waals surface area contributed by atoms with Gasteiger partial charge in [-0.25, -0.2) is 15.2 Å². The summed E-state index contributed by atoms with van der Waals surface area (Å²) in [7, 11) is 0. The van der Waals surface area contributed by atoms with Crippen molar-refractivity contribution in [3.63, 3.8) is 0 Å². The molecule has 17 heavy (non-hydrogen) atoms. The van der Waals surface area contributed by atoms with Gasteiger partial charge >= 0.3 is 5.97 Å². The van der Waals surface area contributed by atoms with Crippen molar-refractivity contribution in [1.82, 2.24) is 10.9 Å². The van der Waals surface area contributed by atoms with Gasteiger partial charge in [0.25, 0.3) is 0 Å². The van der Waals surface area contributed by atoms with E-state index in [0.29, 0.717) is 13.0 Å². The summed E-state index contributed by atoms with van der Waals surface area (Å²) >= 11 is 0. The molecule has 1 fully saturated rings. The lowest BCUT2D eigenvalue weighted by atomic mass is 10.0. The zero-order chi connectivity index (χ0) is 12.3. The maximum Gasteiger partial charge on any atom is 0.324 e. The summed E-state index contributed by atoms with van der Waals surface area (Å²) in [5.41, 5.74) is 6.84. The van der Waals surface area contributed by atoms with Gasteiger partial charge < -0.3 is 4.74 Å². The molecule has 2 N–H and O–H groups in total. The number of ether oxygens (including phenoxy) is 1. The number of carbonyl (C=O) groups is 1. The molecule has 1 aromatic carbocycles. The number of nitrogens with one attached hydrogen (secondary N) is 2. The predicted molar refractivity (Wildman–Crippen MR) is 60.5 cm³/mol. The highest BCUT2D eigenvalue weighted by Crippen LogP contribution is 2.22. The van der Waals surface area contributed by atoms with E-state index in [1.54, 1.807) is 19.1 Å². The summed E-state index contributed by atoms with van der Waals surface area (Å²) in [5.74, 6) is -0.522. The third-order valence-corrected chi connectivity index (χ3v) is 2.75. The number of rotatable bonds is 3. The summed E-state index contributed by atoms with van der Waals surface area (Å²) in [6.07, 6.45) is 0.602. The fourth-order valence-electron chi connectivity index (χ4n) is 1.87. The van der Waals surface area contributed by atoms with Crippen molar-refractivity contribution in [1.29, 1.82) is 0 Å². The third kappa shape index (κ3) is 2.81. The lowest BCUT2D eigenvalue weighted by Gasteiger charge is -2.09. The lowest BCUT2D eigenvalue weighted by Crippen LogP contribution is -2.37. The Morgan fingerprint density at radius 2 is 2.12 bits per heavy atom. The van der Waals surface area contributed by atoms with E-state index in [1.807, 2.05) is 0 Å². The molecule has 0 aromatic heterocycles. The summed E-state index contributed by atoms with van der Waals surface area (Å²) in [6.45, 7) is 2.15. The van der Waals surface area contributed by atoms with Crippen LogP contribution in [0.5, 0.6) is 0 Å². The van der Waals surface area contributed by atoms with Crippen LogP contribution in [0.3, 0.4) is 0 Å². The molecule has 92 valence electrons. The molecule has 1 saturated heterocycles. The second-order valence-corrected chi connectivity index (χ2v) is 3.93. The maximum atomic E-state index is 12.8. The van der Waals surface area contributed by atoms with E-state index in [9.17, 15) is 9.18 Å². The monoisotopic (exact) mass is 238 g/mol. The topological polar surface area (TPSA) is 50.4 Å². The Labute approximate surface area is 99.1 Å². The van der Waals surface area contributed by atoms with Gasteiger partial charge in [0.1, 0.15) is 11.9 Å². The normalized spacial score (nSPS) is 23.6. The van der Waals surface area contributed by atoms with Gasteiger partial charge in [-0.3, -0.25) is 4.79 Å². The van der Waals surface area contributed by atoms with Crippen LogP contribution in [0.4, 0.5) is 4.39 Å². The minimum atomic E-state index is -0.343. The average molecular weight is 238 g/mol. The van der Waals surface area contributed by atoms with E-state index in [2.05, 4.69) is 10.9 Å². The smallest absolute Gasteiger partial charge is 0.324 e. The number of halogens is 1. The largest absolute Gasteiger partial charge is 0.465 e. The lowest BCUT2D eigenvalue weighted by molar-refractivity contribution is -0.145. The highest BCUT2D eigenvalue weighted by molar-refractivity contribution is 5.76. The molecule has 1 aromatic rings. The standard InChI is InChI=1S/C12H15FN2O2/c1-2-17-12(16)11-7-10(14-15-11)8-3-5-9(13)6-4-8/h3-6,10-11,14-15H,2,7H2,1H3. The Balaban J connectivity index is 1.98. The van der Waals surface area contributed by atoms with E-state index >= 15 is 0 Å². The molecule has 0 radical (unpaired) electrons. The predicted octanol–water partition coefficient (Wildman–Crippen LogP) is 1.30. The summed E-state index contributed by atoms with van der Waals surface area (Å²) in [4.78, 5) is 11.5. The van der Waals surface area contributed by atoms with Crippen LogP contribution in [0.15, 0.2) is 24.3 Å². The van der Waals surface area contributed by atoms with Crippen LogP contribution in [0.2, 0.25) is 0 Å². The number of benzene rings is 1. The summed E-state index contributed by atoms with van der Waals surface area (Å²) < 4.78 is 17.7. The molecule has 0 spiro atoms. The van der Waals surface area contributed by atoms with Crippen molar-refractivity contribution in [2.24, 2.45) is 0 Å². The first-order valence-corrected chi connectivity index (χ1v) is 5.64. The van der Waals surface area contributed by atoms with Crippen LogP contribution in [-0.2, 0) is 9.53 Å². The van der Waals surface area contributed by atoms with Crippen LogP contribution < -0.4 is 10.9 Å². The molecule has 1 heterocycles. The second kappa shape index (κ2) is 5.25. The minimum Gasteiger partial charge on any atom is -0.465 e. The molecule has 1 aliphatic heterocycles. The van der Waals surface area contributed by atoms with E-state index < -0.39 is 0 Å². The zero-order valence-electron chi connectivity index (χ0n) is 9.57. The van der Waals surface area contributed by atoms with Gasteiger partial charge in [-0.15, -0.1) is 0 Å². The first kappa shape index (κ1) is 12.0. The first-order chi connectivity index (χ1) is 8.20. The molecule has 2 rings (SSSR count). The van der Waals surface area contributed by atoms with Crippen molar-refractivity contribution in [2.75, 3.05) is 6.61 Å². The zero-order valence-corrected chi connectivity index (χ0v) is 9.57. The second-order valence-electron chi connectivity index (χ2n) is 3.93. The fraction of sp³-hybridized carbons (Fsp3) is 0.417. The highest BCUT2D eigenvalue weighted by atomic mass is 19.1.